The number of rotatable bonds is 0. The van der Waals surface area contributed by atoms with Gasteiger partial charge in [0.25, 0.3) is 0 Å². The highest BCUT2D eigenvalue weighted by Gasteiger charge is 2.13. The fraction of sp³-hybridized carbons (Fsp3) is 0. The Balaban J connectivity index is 0.776. The Morgan fingerprint density at radius 1 is 0.111 bits per heavy atom. The van der Waals surface area contributed by atoms with Crippen LogP contribution in [0.3, 0.4) is 0 Å². The van der Waals surface area contributed by atoms with E-state index in [1.165, 1.54) is 0 Å². The molecule has 12 aromatic rings. The molecular weight excluding hydrogens is 889 g/mol. The number of hydrogen-bond acceptors (Lipinski definition) is 12. The van der Waals surface area contributed by atoms with E-state index < -0.39 is 0 Å². The summed E-state index contributed by atoms with van der Waals surface area (Å²) in [5.41, 5.74) is 18.0. The molecule has 34 aliphatic rings. The molecule has 12 nitrogen and oxygen atoms in total. The molecule has 0 N–H and O–H groups in total. The second kappa shape index (κ2) is 18.0. The van der Waals surface area contributed by atoms with Gasteiger partial charge in [-0.05, 0) is 66.8 Å². The van der Waals surface area contributed by atoms with Gasteiger partial charge in [-0.15, -0.1) is 0 Å². The molecule has 40 heterocycles. The van der Waals surface area contributed by atoms with E-state index in [9.17, 15) is 0 Å². The minimum absolute atomic E-state index is 0.457. The summed E-state index contributed by atoms with van der Waals surface area (Å²) >= 11 is 0. The standard InChI is InChI=1S/C60H36N12/c1-13-43-14-2-37(1)38-3-15-44(16-4-38)50-27-63-57(64-28-50)58-67-31-52(32-68-58)46-19-7-41(8-20-46)42-11-23-48(24-12-42)54-35-71-60(72-36-54)59-69-33-53(34-70-59)47-21-9-40(10-22-47)39-5-17-45(18-6-39)51-29-65-56(66-30-51)55-61-25-49(43)26-62-55/h1-36H. The van der Waals surface area contributed by atoms with E-state index in [0.29, 0.717) is 34.9 Å². The van der Waals surface area contributed by atoms with Crippen LogP contribution in [0.5, 0.6) is 0 Å². The third-order valence-corrected chi connectivity index (χ3v) is 12.8. The van der Waals surface area contributed by atoms with Gasteiger partial charge in [-0.1, -0.05) is 146 Å². The monoisotopic (exact) mass is 924 g/mol. The van der Waals surface area contributed by atoms with Crippen LogP contribution in [0.2, 0.25) is 0 Å². The number of hydrogen-bond donors (Lipinski definition) is 0. The maximum absolute atomic E-state index is 4.62. The molecule has 0 saturated carbocycles. The number of nitrogens with zero attached hydrogens (tertiary/aromatic N) is 12. The van der Waals surface area contributed by atoms with Crippen LogP contribution in [0.25, 0.3) is 135 Å². The Kier molecular flexibility index (Phi) is 10.5. The molecule has 0 radical (unpaired) electrons. The van der Waals surface area contributed by atoms with Crippen molar-refractivity contribution in [2.45, 2.75) is 0 Å². The number of aromatic nitrogens is 12. The molecule has 6 aromatic carbocycles. The first kappa shape index (κ1) is 41.9. The predicted molar refractivity (Wildman–Crippen MR) is 279 cm³/mol. The zero-order chi connectivity index (χ0) is 47.8. The van der Waals surface area contributed by atoms with E-state index >= 15 is 0 Å². The molecule has 0 saturated heterocycles. The summed E-state index contributed by atoms with van der Waals surface area (Å²) in [4.78, 5) is 55.4. The first-order chi connectivity index (χ1) is 35.6. The number of benzene rings is 6. The molecule has 72 heavy (non-hydrogen) atoms. The van der Waals surface area contributed by atoms with Crippen LogP contribution in [-0.2, 0) is 0 Å². The first-order valence-corrected chi connectivity index (χ1v) is 23.2. The van der Waals surface area contributed by atoms with Gasteiger partial charge in [0.15, 0.2) is 34.9 Å². The zero-order valence-corrected chi connectivity index (χ0v) is 38.2. The molecule has 0 aliphatic carbocycles. The maximum Gasteiger partial charge on any atom is 0.197 e. The van der Waals surface area contributed by atoms with Crippen molar-refractivity contribution in [3.05, 3.63) is 220 Å². The fourth-order valence-electron chi connectivity index (χ4n) is 8.69. The molecule has 0 amide bonds. The van der Waals surface area contributed by atoms with Gasteiger partial charge in [0.1, 0.15) is 0 Å². The predicted octanol–water partition coefficient (Wildman–Crippen LogP) is 12.7. The molecule has 12 heteroatoms. The molecule has 46 rings (SSSR count). The van der Waals surface area contributed by atoms with Crippen LogP contribution in [0.4, 0.5) is 0 Å². The van der Waals surface area contributed by atoms with Gasteiger partial charge >= 0.3 is 0 Å². The lowest BCUT2D eigenvalue weighted by Gasteiger charge is -2.08. The van der Waals surface area contributed by atoms with Gasteiger partial charge < -0.3 is 0 Å². The molecular formula is C60H36N12. The highest BCUT2D eigenvalue weighted by Crippen LogP contribution is 2.32. The second-order valence-electron chi connectivity index (χ2n) is 17.2. The topological polar surface area (TPSA) is 155 Å². The van der Waals surface area contributed by atoms with E-state index in [1.54, 1.807) is 74.4 Å². The summed E-state index contributed by atoms with van der Waals surface area (Å²) in [5, 5.41) is 0. The van der Waals surface area contributed by atoms with Crippen molar-refractivity contribution >= 4 is 0 Å². The minimum Gasteiger partial charge on any atom is -0.233 e. The minimum atomic E-state index is 0.457. The Bertz CT molecular complexity index is 2650. The van der Waals surface area contributed by atoms with E-state index in [0.717, 1.165) is 100 Å². The molecule has 24 bridgehead atoms. The first-order valence-electron chi connectivity index (χ1n) is 23.2. The molecule has 6 aromatic heterocycles. The van der Waals surface area contributed by atoms with Gasteiger partial charge in [-0.2, -0.15) is 0 Å². The normalized spacial score (nSPS) is 11.3. The summed E-state index contributed by atoms with van der Waals surface area (Å²) in [5.74, 6) is 2.74. The average molecular weight is 925 g/mol. The van der Waals surface area contributed by atoms with Crippen LogP contribution in [0.1, 0.15) is 0 Å². The van der Waals surface area contributed by atoms with Crippen molar-refractivity contribution in [3.63, 3.8) is 0 Å². The molecule has 0 atom stereocenters. The lowest BCUT2D eigenvalue weighted by Crippen LogP contribution is -1.96. The quantitative estimate of drug-likeness (QED) is 0.142. The van der Waals surface area contributed by atoms with E-state index in [-0.39, 0.29) is 0 Å². The second-order valence-corrected chi connectivity index (χ2v) is 17.2. The fourth-order valence-corrected chi connectivity index (χ4v) is 8.69. The summed E-state index contributed by atoms with van der Waals surface area (Å²) in [6.07, 6.45) is 21.7. The van der Waals surface area contributed by atoms with Crippen molar-refractivity contribution in [1.82, 2.24) is 59.8 Å². The van der Waals surface area contributed by atoms with E-state index in [4.69, 9.17) is 0 Å². The van der Waals surface area contributed by atoms with E-state index in [2.05, 4.69) is 205 Å². The Morgan fingerprint density at radius 3 is 0.292 bits per heavy atom. The molecule has 0 unspecified atom stereocenters. The summed E-state index contributed by atoms with van der Waals surface area (Å²) in [6.45, 7) is 0. The largest absolute Gasteiger partial charge is 0.233 e. The average Bonchev–Trinajstić information content (AvgIpc) is 3.47. The van der Waals surface area contributed by atoms with E-state index in [1.807, 2.05) is 0 Å². The highest BCUT2D eigenvalue weighted by atomic mass is 15.0. The van der Waals surface area contributed by atoms with Crippen LogP contribution in [-0.4, -0.2) is 59.8 Å². The lowest BCUT2D eigenvalue weighted by atomic mass is 9.99. The molecule has 0 fully saturated rings. The lowest BCUT2D eigenvalue weighted by molar-refractivity contribution is 1.08. The Labute approximate surface area is 413 Å². The van der Waals surface area contributed by atoms with Gasteiger partial charge in [0.2, 0.25) is 0 Å². The van der Waals surface area contributed by atoms with Crippen molar-refractivity contribution in [3.8, 4) is 135 Å². The van der Waals surface area contributed by atoms with Gasteiger partial charge in [0, 0.05) is 108 Å². The SMILES string of the molecule is c1cc2ccc1-c1ccc(cc1)-c1cnc(nc1)-c1ncc(cn1)-c1ccc(cc1)-c1ccc(cc1)-c1cnc(nc1)-c1ncc(cn1)-c1ccc(cc1)-c1ccc(cc1)-c1cnc(nc1)-c1ncc-2cn1. The van der Waals surface area contributed by atoms with Gasteiger partial charge in [-0.3, -0.25) is 0 Å². The molecule has 0 spiro atoms. The summed E-state index contributed by atoms with van der Waals surface area (Å²) in [7, 11) is 0. The van der Waals surface area contributed by atoms with Crippen molar-refractivity contribution < 1.29 is 0 Å². The van der Waals surface area contributed by atoms with Crippen LogP contribution < -0.4 is 0 Å². The summed E-state index contributed by atoms with van der Waals surface area (Å²) < 4.78 is 0. The van der Waals surface area contributed by atoms with Crippen molar-refractivity contribution in [2.75, 3.05) is 0 Å². The Hall–Kier alpha value is -10.2. The van der Waals surface area contributed by atoms with Gasteiger partial charge in [0.05, 0.1) is 0 Å². The van der Waals surface area contributed by atoms with Crippen molar-refractivity contribution in [1.29, 1.82) is 0 Å². The molecule has 34 aliphatic heterocycles. The third-order valence-electron chi connectivity index (χ3n) is 12.8. The van der Waals surface area contributed by atoms with Crippen molar-refractivity contribution in [2.24, 2.45) is 0 Å². The summed E-state index contributed by atoms with van der Waals surface area (Å²) in [6, 6.07) is 50.2. The van der Waals surface area contributed by atoms with Crippen LogP contribution in [0.15, 0.2) is 220 Å². The maximum atomic E-state index is 4.62. The third kappa shape index (κ3) is 8.30. The Morgan fingerprint density at radius 2 is 0.194 bits per heavy atom. The smallest absolute Gasteiger partial charge is 0.197 e. The molecule has 336 valence electrons. The van der Waals surface area contributed by atoms with Crippen LogP contribution >= 0.6 is 0 Å². The van der Waals surface area contributed by atoms with Gasteiger partial charge in [-0.25, -0.2) is 59.8 Å². The highest BCUT2D eigenvalue weighted by molar-refractivity contribution is 5.76. The zero-order valence-electron chi connectivity index (χ0n) is 38.2. The van der Waals surface area contributed by atoms with Crippen LogP contribution in [0, 0.1) is 0 Å².